The Labute approximate surface area is 188 Å². The van der Waals surface area contributed by atoms with Crippen LogP contribution in [0, 0.1) is 20.8 Å². The number of carbonyl (C=O) groups excluding carboxylic acids is 1. The molecule has 0 bridgehead atoms. The first kappa shape index (κ1) is 22.0. The van der Waals surface area contributed by atoms with Gasteiger partial charge in [-0.15, -0.1) is 0 Å². The van der Waals surface area contributed by atoms with Gasteiger partial charge in [-0.1, -0.05) is 25.1 Å². The molecule has 1 atom stereocenters. The van der Waals surface area contributed by atoms with E-state index < -0.39 is 0 Å². The molecule has 8 heteroatoms. The third-order valence-electron chi connectivity index (χ3n) is 5.47. The summed E-state index contributed by atoms with van der Waals surface area (Å²) in [7, 11) is 0. The van der Waals surface area contributed by atoms with Crippen molar-refractivity contribution in [3.8, 4) is 0 Å². The summed E-state index contributed by atoms with van der Waals surface area (Å²) in [6.45, 7) is 11.1. The highest BCUT2D eigenvalue weighted by molar-refractivity contribution is 5.96. The van der Waals surface area contributed by atoms with E-state index in [0.717, 1.165) is 28.6 Å². The number of hydrogen-bond acceptors (Lipinski definition) is 7. The van der Waals surface area contributed by atoms with E-state index in [1.165, 1.54) is 0 Å². The van der Waals surface area contributed by atoms with E-state index in [-0.39, 0.29) is 17.9 Å². The van der Waals surface area contributed by atoms with Gasteiger partial charge in [0, 0.05) is 23.6 Å². The van der Waals surface area contributed by atoms with E-state index in [1.807, 2.05) is 58.0 Å². The summed E-state index contributed by atoms with van der Waals surface area (Å²) >= 11 is 0. The van der Waals surface area contributed by atoms with Gasteiger partial charge < -0.3 is 19.5 Å². The van der Waals surface area contributed by atoms with Crippen LogP contribution in [0.15, 0.2) is 34.9 Å². The molecule has 3 aromatic heterocycles. The fraction of sp³-hybridized carbons (Fsp3) is 0.417. The maximum absolute atomic E-state index is 13.3. The zero-order valence-electron chi connectivity index (χ0n) is 19.2. The van der Waals surface area contributed by atoms with Crippen molar-refractivity contribution in [1.29, 1.82) is 0 Å². The Morgan fingerprint density at radius 3 is 2.72 bits per heavy atom. The number of rotatable bonds is 5. The third-order valence-corrected chi connectivity index (χ3v) is 5.47. The van der Waals surface area contributed by atoms with Crippen LogP contribution in [0.2, 0.25) is 0 Å². The van der Waals surface area contributed by atoms with Crippen molar-refractivity contribution < 1.29 is 14.1 Å². The molecular weight excluding hydrogens is 406 g/mol. The number of carbonyl (C=O) groups is 1. The van der Waals surface area contributed by atoms with Crippen LogP contribution in [0.1, 0.15) is 64.8 Å². The van der Waals surface area contributed by atoms with E-state index in [4.69, 9.17) is 9.26 Å². The summed E-state index contributed by atoms with van der Waals surface area (Å²) < 4.78 is 11.3. The van der Waals surface area contributed by atoms with Crippen molar-refractivity contribution in [2.45, 2.75) is 46.6 Å². The number of hydrogen-bond donors (Lipinski definition) is 1. The maximum atomic E-state index is 13.3. The van der Waals surface area contributed by atoms with Gasteiger partial charge in [-0.05, 0) is 51.0 Å². The second-order valence-electron chi connectivity index (χ2n) is 8.48. The fourth-order valence-electron chi connectivity index (χ4n) is 3.91. The van der Waals surface area contributed by atoms with E-state index in [0.29, 0.717) is 36.7 Å². The number of nitrogens with zero attached hydrogens (tertiary/aromatic N) is 4. The summed E-state index contributed by atoms with van der Waals surface area (Å²) in [5, 5.41) is 7.44. The molecule has 1 amide bonds. The number of amides is 1. The maximum Gasteiger partial charge on any atom is 0.259 e. The summed E-state index contributed by atoms with van der Waals surface area (Å²) in [4.78, 5) is 24.3. The van der Waals surface area contributed by atoms with E-state index in [9.17, 15) is 4.79 Å². The van der Waals surface area contributed by atoms with Gasteiger partial charge in [0.2, 0.25) is 0 Å². The second kappa shape index (κ2) is 9.08. The number of nitrogens with one attached hydrogen (secondary N) is 1. The van der Waals surface area contributed by atoms with Crippen LogP contribution in [-0.4, -0.2) is 45.6 Å². The molecule has 1 aliphatic heterocycles. The van der Waals surface area contributed by atoms with Crippen LogP contribution in [0.3, 0.4) is 0 Å². The lowest BCUT2D eigenvalue weighted by molar-refractivity contribution is -0.0248. The van der Waals surface area contributed by atoms with Gasteiger partial charge in [0.05, 0.1) is 24.5 Å². The zero-order chi connectivity index (χ0) is 22.8. The van der Waals surface area contributed by atoms with Crippen molar-refractivity contribution in [3.05, 3.63) is 64.4 Å². The standard InChI is InChI=1S/C24H29N5O3/c1-14(2)23-22(17(5)32-28-23)24(30)29-9-10-31-20(13-29)19-12-18(11-16(4)25-19)27-21-8-6-7-15(3)26-21/h6-8,11-12,14,20H,9-10,13H2,1-5H3,(H,25,26,27)/t20-/m1/s1. The predicted octanol–water partition coefficient (Wildman–Crippen LogP) is 4.47. The lowest BCUT2D eigenvalue weighted by atomic mass is 10.0. The quantitative estimate of drug-likeness (QED) is 0.632. The van der Waals surface area contributed by atoms with Crippen molar-refractivity contribution in [2.24, 2.45) is 0 Å². The molecule has 32 heavy (non-hydrogen) atoms. The highest BCUT2D eigenvalue weighted by Crippen LogP contribution is 2.28. The van der Waals surface area contributed by atoms with Gasteiger partial charge in [-0.3, -0.25) is 9.78 Å². The number of anilines is 2. The molecule has 1 N–H and O–H groups in total. The lowest BCUT2D eigenvalue weighted by Gasteiger charge is -2.33. The van der Waals surface area contributed by atoms with Crippen molar-refractivity contribution in [2.75, 3.05) is 25.0 Å². The molecule has 8 nitrogen and oxygen atoms in total. The van der Waals surface area contributed by atoms with Crippen LogP contribution >= 0.6 is 0 Å². The van der Waals surface area contributed by atoms with Gasteiger partial charge >= 0.3 is 0 Å². The Balaban J connectivity index is 1.55. The average molecular weight is 436 g/mol. The van der Waals surface area contributed by atoms with Crippen LogP contribution in [0.4, 0.5) is 11.5 Å². The summed E-state index contributed by atoms with van der Waals surface area (Å²) in [6.07, 6.45) is -0.318. The van der Waals surface area contributed by atoms with Crippen molar-refractivity contribution in [3.63, 3.8) is 0 Å². The predicted molar refractivity (Wildman–Crippen MR) is 121 cm³/mol. The monoisotopic (exact) mass is 435 g/mol. The first-order valence-corrected chi connectivity index (χ1v) is 10.9. The second-order valence-corrected chi connectivity index (χ2v) is 8.48. The van der Waals surface area contributed by atoms with Crippen LogP contribution in [0.25, 0.3) is 0 Å². The molecule has 0 spiro atoms. The topological polar surface area (TPSA) is 93.4 Å². The minimum absolute atomic E-state index is 0.0734. The SMILES string of the molecule is Cc1cccc(Nc2cc(C)nc([C@H]3CN(C(=O)c4c(C(C)C)noc4C)CCO3)c2)n1. The number of aromatic nitrogens is 3. The molecule has 168 valence electrons. The number of ether oxygens (including phenoxy) is 1. The zero-order valence-corrected chi connectivity index (χ0v) is 19.2. The minimum atomic E-state index is -0.318. The highest BCUT2D eigenvalue weighted by Gasteiger charge is 2.31. The van der Waals surface area contributed by atoms with Gasteiger partial charge in [-0.2, -0.15) is 0 Å². The Kier molecular flexibility index (Phi) is 6.23. The first-order chi connectivity index (χ1) is 15.3. The molecule has 1 aliphatic rings. The molecule has 4 heterocycles. The minimum Gasteiger partial charge on any atom is -0.368 e. The Bertz CT molecular complexity index is 1120. The van der Waals surface area contributed by atoms with Gasteiger partial charge in [0.1, 0.15) is 23.2 Å². The highest BCUT2D eigenvalue weighted by atomic mass is 16.5. The Hall–Kier alpha value is -3.26. The van der Waals surface area contributed by atoms with E-state index in [1.54, 1.807) is 11.8 Å². The molecule has 0 radical (unpaired) electrons. The number of pyridine rings is 2. The molecule has 0 aliphatic carbocycles. The molecule has 4 rings (SSSR count). The summed E-state index contributed by atoms with van der Waals surface area (Å²) in [6, 6.07) is 9.77. The molecule has 3 aromatic rings. The Morgan fingerprint density at radius 1 is 1.16 bits per heavy atom. The fourth-order valence-corrected chi connectivity index (χ4v) is 3.91. The average Bonchev–Trinajstić information content (AvgIpc) is 3.14. The normalized spacial score (nSPS) is 16.4. The molecule has 0 saturated carbocycles. The van der Waals surface area contributed by atoms with Crippen LogP contribution in [0.5, 0.6) is 0 Å². The van der Waals surface area contributed by atoms with Gasteiger partial charge in [0.25, 0.3) is 5.91 Å². The number of morpholine rings is 1. The Morgan fingerprint density at radius 2 is 1.97 bits per heavy atom. The van der Waals surface area contributed by atoms with E-state index >= 15 is 0 Å². The summed E-state index contributed by atoms with van der Waals surface area (Å²) in [5.74, 6) is 1.35. The molecule has 1 saturated heterocycles. The molecular formula is C24H29N5O3. The molecule has 0 aromatic carbocycles. The summed E-state index contributed by atoms with van der Waals surface area (Å²) in [5.41, 5.74) is 4.72. The lowest BCUT2D eigenvalue weighted by Crippen LogP contribution is -2.43. The van der Waals surface area contributed by atoms with Crippen molar-refractivity contribution >= 4 is 17.4 Å². The molecule has 0 unspecified atom stereocenters. The van der Waals surface area contributed by atoms with Gasteiger partial charge in [-0.25, -0.2) is 4.98 Å². The van der Waals surface area contributed by atoms with Crippen molar-refractivity contribution in [1.82, 2.24) is 20.0 Å². The van der Waals surface area contributed by atoms with E-state index in [2.05, 4.69) is 20.4 Å². The number of aryl methyl sites for hydroxylation is 3. The van der Waals surface area contributed by atoms with Gasteiger partial charge in [0.15, 0.2) is 0 Å². The largest absolute Gasteiger partial charge is 0.368 e. The van der Waals surface area contributed by atoms with Crippen LogP contribution < -0.4 is 5.32 Å². The third kappa shape index (κ3) is 4.65. The van der Waals surface area contributed by atoms with Crippen LogP contribution in [-0.2, 0) is 4.74 Å². The first-order valence-electron chi connectivity index (χ1n) is 10.9. The smallest absolute Gasteiger partial charge is 0.259 e. The molecule has 1 fully saturated rings.